The number of sulfonamides is 1. The summed E-state index contributed by atoms with van der Waals surface area (Å²) >= 11 is 0. The van der Waals surface area contributed by atoms with Gasteiger partial charge in [0.05, 0.1) is 26.9 Å². The van der Waals surface area contributed by atoms with Crippen LogP contribution in [-0.4, -0.2) is 46.4 Å². The average molecular weight is 421 g/mol. The summed E-state index contributed by atoms with van der Waals surface area (Å²) in [6.45, 7) is 4.11. The van der Waals surface area contributed by atoms with Crippen molar-refractivity contribution in [2.75, 3.05) is 18.4 Å². The number of nitrogens with one attached hydrogen (secondary N) is 1. The van der Waals surface area contributed by atoms with E-state index in [0.717, 1.165) is 11.4 Å². The van der Waals surface area contributed by atoms with Gasteiger partial charge in [0, 0.05) is 38.2 Å². The molecule has 1 saturated heterocycles. The molecule has 1 aromatic heterocycles. The monoisotopic (exact) mass is 421 g/mol. The SMILES string of the molecule is Cc1nn(C)c(C)c1NC(=O)C1CCN(S(=O)(=O)c2ccc([N+](=O)[O-])cc2)CC1. The number of benzene rings is 1. The fraction of sp³-hybridized carbons (Fsp3) is 0.444. The van der Waals surface area contributed by atoms with E-state index in [1.165, 1.54) is 28.6 Å². The minimum Gasteiger partial charge on any atom is -0.323 e. The molecule has 2 aromatic rings. The number of nitro benzene ring substituents is 1. The molecule has 1 aromatic carbocycles. The molecule has 1 aliphatic rings. The number of rotatable bonds is 5. The summed E-state index contributed by atoms with van der Waals surface area (Å²) in [4.78, 5) is 22.8. The molecule has 0 spiro atoms. The second-order valence-electron chi connectivity index (χ2n) is 7.09. The molecule has 1 N–H and O–H groups in total. The van der Waals surface area contributed by atoms with Crippen LogP contribution in [-0.2, 0) is 21.9 Å². The van der Waals surface area contributed by atoms with Crippen molar-refractivity contribution in [2.24, 2.45) is 13.0 Å². The van der Waals surface area contributed by atoms with Crippen LogP contribution in [0.5, 0.6) is 0 Å². The minimum absolute atomic E-state index is 0.00705. The number of piperidine rings is 1. The zero-order valence-electron chi connectivity index (χ0n) is 16.5. The molecule has 0 saturated carbocycles. The zero-order chi connectivity index (χ0) is 21.3. The highest BCUT2D eigenvalue weighted by atomic mass is 32.2. The Morgan fingerprint density at radius 1 is 1.21 bits per heavy atom. The van der Waals surface area contributed by atoms with E-state index in [4.69, 9.17) is 0 Å². The van der Waals surface area contributed by atoms with Crippen molar-refractivity contribution < 1.29 is 18.1 Å². The molecule has 0 bridgehead atoms. The van der Waals surface area contributed by atoms with Gasteiger partial charge in [-0.3, -0.25) is 19.6 Å². The largest absolute Gasteiger partial charge is 0.323 e. The fourth-order valence-corrected chi connectivity index (χ4v) is 4.90. The van der Waals surface area contributed by atoms with Gasteiger partial charge in [0.1, 0.15) is 0 Å². The number of carbonyl (C=O) groups excluding carboxylic acids is 1. The van der Waals surface area contributed by atoms with Gasteiger partial charge in [-0.2, -0.15) is 9.40 Å². The van der Waals surface area contributed by atoms with Gasteiger partial charge in [-0.1, -0.05) is 0 Å². The number of aromatic nitrogens is 2. The van der Waals surface area contributed by atoms with Crippen LogP contribution < -0.4 is 5.32 Å². The maximum absolute atomic E-state index is 12.8. The molecule has 0 aliphatic carbocycles. The van der Waals surface area contributed by atoms with Crippen molar-refractivity contribution in [2.45, 2.75) is 31.6 Å². The van der Waals surface area contributed by atoms with E-state index in [1.54, 1.807) is 11.7 Å². The van der Waals surface area contributed by atoms with Gasteiger partial charge < -0.3 is 5.32 Å². The van der Waals surface area contributed by atoms with Gasteiger partial charge in [0.15, 0.2) is 0 Å². The maximum Gasteiger partial charge on any atom is 0.269 e. The van der Waals surface area contributed by atoms with E-state index in [1.807, 2.05) is 13.8 Å². The van der Waals surface area contributed by atoms with Gasteiger partial charge in [0.25, 0.3) is 5.69 Å². The third-order valence-corrected chi connectivity index (χ3v) is 7.18. The topological polar surface area (TPSA) is 127 Å². The van der Waals surface area contributed by atoms with Crippen LogP contribution in [0.1, 0.15) is 24.2 Å². The van der Waals surface area contributed by atoms with Crippen molar-refractivity contribution >= 4 is 27.3 Å². The molecular formula is C18H23N5O5S. The highest BCUT2D eigenvalue weighted by molar-refractivity contribution is 7.89. The lowest BCUT2D eigenvalue weighted by Crippen LogP contribution is -2.41. The van der Waals surface area contributed by atoms with E-state index in [2.05, 4.69) is 10.4 Å². The lowest BCUT2D eigenvalue weighted by Gasteiger charge is -2.30. The van der Waals surface area contributed by atoms with E-state index in [-0.39, 0.29) is 35.5 Å². The van der Waals surface area contributed by atoms with Gasteiger partial charge in [-0.15, -0.1) is 0 Å². The molecular weight excluding hydrogens is 398 g/mol. The first-order valence-electron chi connectivity index (χ1n) is 9.17. The number of nitro groups is 1. The molecule has 2 heterocycles. The first kappa shape index (κ1) is 20.9. The summed E-state index contributed by atoms with van der Waals surface area (Å²) < 4.78 is 28.6. The second kappa shape index (κ2) is 7.91. The molecule has 3 rings (SSSR count). The molecule has 156 valence electrons. The second-order valence-corrected chi connectivity index (χ2v) is 9.03. The number of anilines is 1. The average Bonchev–Trinajstić information content (AvgIpc) is 2.94. The third kappa shape index (κ3) is 4.15. The van der Waals surface area contributed by atoms with Crippen LogP contribution in [0, 0.1) is 29.9 Å². The molecule has 0 unspecified atom stereocenters. The maximum atomic E-state index is 12.8. The number of nitrogens with zero attached hydrogens (tertiary/aromatic N) is 4. The first-order chi connectivity index (χ1) is 13.6. The highest BCUT2D eigenvalue weighted by Gasteiger charge is 2.32. The Kier molecular flexibility index (Phi) is 5.71. The Morgan fingerprint density at radius 2 is 1.79 bits per heavy atom. The van der Waals surface area contributed by atoms with E-state index < -0.39 is 14.9 Å². The van der Waals surface area contributed by atoms with Crippen molar-refractivity contribution in [3.05, 3.63) is 45.8 Å². The molecule has 0 atom stereocenters. The molecule has 1 fully saturated rings. The Morgan fingerprint density at radius 3 is 2.28 bits per heavy atom. The number of non-ortho nitro benzene ring substituents is 1. The predicted molar refractivity (Wildman–Crippen MR) is 106 cm³/mol. The summed E-state index contributed by atoms with van der Waals surface area (Å²) in [7, 11) is -1.95. The van der Waals surface area contributed by atoms with Crippen molar-refractivity contribution in [3.63, 3.8) is 0 Å². The van der Waals surface area contributed by atoms with Crippen molar-refractivity contribution in [1.29, 1.82) is 0 Å². The standard InChI is InChI=1S/C18H23N5O5S/c1-12-17(13(2)21(3)20-12)19-18(24)14-8-10-22(11-9-14)29(27,28)16-6-4-15(5-7-16)23(25)26/h4-7,14H,8-11H2,1-3H3,(H,19,24). The van der Waals surface area contributed by atoms with Gasteiger partial charge in [0.2, 0.25) is 15.9 Å². The first-order valence-corrected chi connectivity index (χ1v) is 10.6. The molecule has 11 heteroatoms. The minimum atomic E-state index is -3.76. The van der Waals surface area contributed by atoms with E-state index >= 15 is 0 Å². The number of hydrogen-bond donors (Lipinski definition) is 1. The molecule has 1 aliphatic heterocycles. The predicted octanol–water partition coefficient (Wildman–Crippen LogP) is 1.98. The van der Waals surface area contributed by atoms with E-state index in [0.29, 0.717) is 18.5 Å². The molecule has 0 radical (unpaired) electrons. The number of hydrogen-bond acceptors (Lipinski definition) is 6. The quantitative estimate of drug-likeness (QED) is 0.581. The summed E-state index contributed by atoms with van der Waals surface area (Å²) in [5, 5.41) is 17.9. The molecule has 10 nitrogen and oxygen atoms in total. The Labute approximate surface area is 168 Å². The van der Waals surface area contributed by atoms with Crippen LogP contribution >= 0.6 is 0 Å². The van der Waals surface area contributed by atoms with Crippen LogP contribution in [0.2, 0.25) is 0 Å². The van der Waals surface area contributed by atoms with Crippen molar-refractivity contribution in [3.8, 4) is 0 Å². The van der Waals surface area contributed by atoms with Crippen LogP contribution in [0.15, 0.2) is 29.2 Å². The smallest absolute Gasteiger partial charge is 0.269 e. The Balaban J connectivity index is 1.64. The van der Waals surface area contributed by atoms with Crippen LogP contribution in [0.25, 0.3) is 0 Å². The summed E-state index contributed by atoms with van der Waals surface area (Å²) in [5.74, 6) is -0.436. The number of amides is 1. The van der Waals surface area contributed by atoms with Crippen LogP contribution in [0.4, 0.5) is 11.4 Å². The lowest BCUT2D eigenvalue weighted by atomic mass is 9.97. The van der Waals surface area contributed by atoms with Crippen molar-refractivity contribution in [1.82, 2.24) is 14.1 Å². The Bertz CT molecular complexity index is 1040. The molecule has 29 heavy (non-hydrogen) atoms. The normalized spacial score (nSPS) is 16.0. The van der Waals surface area contributed by atoms with Gasteiger partial charge in [-0.05, 0) is 38.8 Å². The highest BCUT2D eigenvalue weighted by Crippen LogP contribution is 2.27. The third-order valence-electron chi connectivity index (χ3n) is 5.27. The fourth-order valence-electron chi connectivity index (χ4n) is 3.43. The van der Waals surface area contributed by atoms with Gasteiger partial charge in [-0.25, -0.2) is 8.42 Å². The summed E-state index contributed by atoms with van der Waals surface area (Å²) in [6, 6.07) is 4.82. The number of aryl methyl sites for hydroxylation is 2. The Hall–Kier alpha value is -2.79. The van der Waals surface area contributed by atoms with E-state index in [9.17, 15) is 23.3 Å². The van der Waals surface area contributed by atoms with Crippen LogP contribution in [0.3, 0.4) is 0 Å². The summed E-state index contributed by atoms with van der Waals surface area (Å²) in [5.41, 5.74) is 2.12. The lowest BCUT2D eigenvalue weighted by molar-refractivity contribution is -0.384. The summed E-state index contributed by atoms with van der Waals surface area (Å²) in [6.07, 6.45) is 0.798. The molecule has 1 amide bonds. The zero-order valence-corrected chi connectivity index (χ0v) is 17.3. The number of carbonyl (C=O) groups is 1. The van der Waals surface area contributed by atoms with Gasteiger partial charge >= 0.3 is 0 Å².